The molecule has 3 aromatic rings. The van der Waals surface area contributed by atoms with Crippen LogP contribution < -0.4 is 15.5 Å². The number of hydrazone groups is 1. The van der Waals surface area contributed by atoms with Gasteiger partial charge in [-0.1, -0.05) is 23.2 Å². The monoisotopic (exact) mass is 503 g/mol. The average molecular weight is 504 g/mol. The first-order valence-corrected chi connectivity index (χ1v) is 11.3. The van der Waals surface area contributed by atoms with E-state index in [0.717, 1.165) is 4.90 Å². The number of methoxy groups -OCH3 is 1. The van der Waals surface area contributed by atoms with Gasteiger partial charge in [0.15, 0.2) is 0 Å². The van der Waals surface area contributed by atoms with Gasteiger partial charge in [0.25, 0.3) is 5.91 Å². The molecule has 0 bridgehead atoms. The third-order valence-corrected chi connectivity index (χ3v) is 5.85. The van der Waals surface area contributed by atoms with Gasteiger partial charge in [0.05, 0.1) is 24.1 Å². The summed E-state index contributed by atoms with van der Waals surface area (Å²) in [5.74, 6) is -0.0750. The zero-order valence-electron chi connectivity index (χ0n) is 17.3. The number of carbonyl (C=O) groups is 2. The first kappa shape index (κ1) is 24.4. The predicted octanol–water partition coefficient (Wildman–Crippen LogP) is 5.20. The maximum absolute atomic E-state index is 12.3. The number of amides is 2. The number of benzene rings is 3. The molecule has 0 aromatic heterocycles. The molecule has 2 amide bonds. The topological polar surface area (TPSA) is 100 Å². The lowest BCUT2D eigenvalue weighted by Crippen LogP contribution is -2.17. The van der Waals surface area contributed by atoms with Gasteiger partial charge in [0, 0.05) is 32.8 Å². The van der Waals surface area contributed by atoms with Crippen LogP contribution in [-0.2, 0) is 4.79 Å². The van der Waals surface area contributed by atoms with Gasteiger partial charge < -0.3 is 15.2 Å². The van der Waals surface area contributed by atoms with Gasteiger partial charge in [-0.05, 0) is 54.6 Å². The standard InChI is InChI=1S/C23H19Cl2N3O4S/c1-32-21-11-17(27-22(30)13-33-18-7-4-16(24)5-8-18)6-2-15(21)12-26-28-23(31)14-3-9-20(29)19(25)10-14/h2-12,29H,13H2,1H3,(H,27,30)(H,28,31). The largest absolute Gasteiger partial charge is 0.506 e. The molecule has 3 rings (SSSR count). The first-order chi connectivity index (χ1) is 15.9. The molecular weight excluding hydrogens is 485 g/mol. The molecule has 0 aliphatic heterocycles. The number of thioether (sulfide) groups is 1. The maximum atomic E-state index is 12.3. The smallest absolute Gasteiger partial charge is 0.271 e. The van der Waals surface area contributed by atoms with Gasteiger partial charge in [0.1, 0.15) is 11.5 Å². The highest BCUT2D eigenvalue weighted by molar-refractivity contribution is 8.00. The summed E-state index contributed by atoms with van der Waals surface area (Å²) in [5.41, 5.74) is 3.78. The van der Waals surface area contributed by atoms with Crippen LogP contribution in [-0.4, -0.2) is 36.0 Å². The zero-order chi connectivity index (χ0) is 23.8. The van der Waals surface area contributed by atoms with Gasteiger partial charge >= 0.3 is 0 Å². The lowest BCUT2D eigenvalue weighted by atomic mass is 10.2. The lowest BCUT2D eigenvalue weighted by Gasteiger charge is -2.09. The van der Waals surface area contributed by atoms with Crippen molar-refractivity contribution in [1.29, 1.82) is 0 Å². The minimum absolute atomic E-state index is 0.0671. The number of hydrogen-bond donors (Lipinski definition) is 3. The number of anilines is 1. The highest BCUT2D eigenvalue weighted by Gasteiger charge is 2.09. The number of aromatic hydroxyl groups is 1. The molecule has 0 saturated carbocycles. The summed E-state index contributed by atoms with van der Waals surface area (Å²) in [4.78, 5) is 25.4. The molecule has 0 heterocycles. The molecule has 0 radical (unpaired) electrons. The molecule has 0 unspecified atom stereocenters. The number of nitrogens with one attached hydrogen (secondary N) is 2. The van der Waals surface area contributed by atoms with Crippen molar-refractivity contribution in [2.24, 2.45) is 5.10 Å². The molecule has 170 valence electrons. The van der Waals surface area contributed by atoms with Gasteiger partial charge in [0.2, 0.25) is 5.91 Å². The normalized spacial score (nSPS) is 10.8. The Morgan fingerprint density at radius 3 is 2.55 bits per heavy atom. The summed E-state index contributed by atoms with van der Waals surface area (Å²) in [5, 5.41) is 16.9. The SMILES string of the molecule is COc1cc(NC(=O)CSc2ccc(Cl)cc2)ccc1C=NNC(=O)c1ccc(O)c(Cl)c1. The van der Waals surface area contributed by atoms with Crippen molar-refractivity contribution < 1.29 is 19.4 Å². The van der Waals surface area contributed by atoms with E-state index in [1.54, 1.807) is 30.3 Å². The number of nitrogens with zero attached hydrogens (tertiary/aromatic N) is 1. The second-order valence-electron chi connectivity index (χ2n) is 6.61. The summed E-state index contributed by atoms with van der Waals surface area (Å²) in [6.07, 6.45) is 1.42. The molecular formula is C23H19Cl2N3O4S. The summed E-state index contributed by atoms with van der Waals surface area (Å²) in [7, 11) is 1.49. The number of phenolic OH excluding ortho intramolecular Hbond substituents is 1. The molecule has 33 heavy (non-hydrogen) atoms. The van der Waals surface area contributed by atoms with Crippen molar-refractivity contribution in [3.8, 4) is 11.5 Å². The Morgan fingerprint density at radius 1 is 1.09 bits per heavy atom. The van der Waals surface area contributed by atoms with Crippen molar-refractivity contribution in [2.75, 3.05) is 18.2 Å². The number of phenols is 1. The van der Waals surface area contributed by atoms with Crippen molar-refractivity contribution in [2.45, 2.75) is 4.90 Å². The number of ether oxygens (including phenoxy) is 1. The molecule has 0 fully saturated rings. The van der Waals surface area contributed by atoms with Crippen LogP contribution in [0.1, 0.15) is 15.9 Å². The van der Waals surface area contributed by atoms with E-state index in [2.05, 4.69) is 15.8 Å². The Bertz CT molecular complexity index is 1190. The van der Waals surface area contributed by atoms with Crippen molar-refractivity contribution >= 4 is 58.7 Å². The Morgan fingerprint density at radius 2 is 1.85 bits per heavy atom. The van der Waals surface area contributed by atoms with Crippen molar-refractivity contribution in [3.05, 3.63) is 81.8 Å². The molecule has 0 atom stereocenters. The summed E-state index contributed by atoms with van der Waals surface area (Å²) < 4.78 is 5.36. The highest BCUT2D eigenvalue weighted by Crippen LogP contribution is 2.25. The van der Waals surface area contributed by atoms with E-state index in [4.69, 9.17) is 27.9 Å². The van der Waals surface area contributed by atoms with Gasteiger partial charge in [-0.2, -0.15) is 5.10 Å². The minimum atomic E-state index is -0.491. The first-order valence-electron chi connectivity index (χ1n) is 9.54. The fraction of sp³-hybridized carbons (Fsp3) is 0.0870. The Hall–Kier alpha value is -3.20. The van der Waals surface area contributed by atoms with Crippen LogP contribution in [0.25, 0.3) is 0 Å². The second-order valence-corrected chi connectivity index (χ2v) is 8.51. The van der Waals surface area contributed by atoms with E-state index in [9.17, 15) is 14.7 Å². The average Bonchev–Trinajstić information content (AvgIpc) is 2.81. The zero-order valence-corrected chi connectivity index (χ0v) is 19.7. The number of hydrogen-bond acceptors (Lipinski definition) is 6. The second kappa shape index (κ2) is 11.6. The summed E-state index contributed by atoms with van der Waals surface area (Å²) >= 11 is 13.1. The number of halogens is 2. The fourth-order valence-electron chi connectivity index (χ4n) is 2.65. The molecule has 7 nitrogen and oxygen atoms in total. The van der Waals surface area contributed by atoms with Crippen LogP contribution in [0.5, 0.6) is 11.5 Å². The van der Waals surface area contributed by atoms with Crippen LogP contribution >= 0.6 is 35.0 Å². The maximum Gasteiger partial charge on any atom is 0.271 e. The Balaban J connectivity index is 1.58. The van der Waals surface area contributed by atoms with Crippen LogP contribution in [0, 0.1) is 0 Å². The molecule has 0 aliphatic rings. The third kappa shape index (κ3) is 7.15. The predicted molar refractivity (Wildman–Crippen MR) is 132 cm³/mol. The Kier molecular flexibility index (Phi) is 8.59. The molecule has 0 saturated heterocycles. The van der Waals surface area contributed by atoms with E-state index in [0.29, 0.717) is 22.0 Å². The number of rotatable bonds is 8. The van der Waals surface area contributed by atoms with Crippen molar-refractivity contribution in [1.82, 2.24) is 5.43 Å². The molecule has 3 aromatic carbocycles. The van der Waals surface area contributed by atoms with E-state index >= 15 is 0 Å². The summed E-state index contributed by atoms with van der Waals surface area (Å²) in [6.45, 7) is 0. The van der Waals surface area contributed by atoms with Gasteiger partial charge in [-0.15, -0.1) is 11.8 Å². The minimum Gasteiger partial charge on any atom is -0.506 e. The quantitative estimate of drug-likeness (QED) is 0.222. The van der Waals surface area contributed by atoms with Gasteiger partial charge in [-0.25, -0.2) is 5.43 Å². The van der Waals surface area contributed by atoms with E-state index in [-0.39, 0.29) is 28.0 Å². The van der Waals surface area contributed by atoms with E-state index < -0.39 is 5.91 Å². The van der Waals surface area contributed by atoms with Crippen LogP contribution in [0.2, 0.25) is 10.0 Å². The molecule has 0 aliphatic carbocycles. The third-order valence-electron chi connectivity index (χ3n) is 4.28. The molecule has 10 heteroatoms. The Labute approximate surface area is 204 Å². The highest BCUT2D eigenvalue weighted by atomic mass is 35.5. The van der Waals surface area contributed by atoms with Crippen LogP contribution in [0.3, 0.4) is 0 Å². The van der Waals surface area contributed by atoms with Crippen LogP contribution in [0.4, 0.5) is 5.69 Å². The van der Waals surface area contributed by atoms with E-state index in [1.165, 1.54) is 43.3 Å². The van der Waals surface area contributed by atoms with Crippen LogP contribution in [0.15, 0.2) is 70.7 Å². The summed E-state index contributed by atoms with van der Waals surface area (Å²) in [6, 6.07) is 16.4. The van der Waals surface area contributed by atoms with Crippen molar-refractivity contribution in [3.63, 3.8) is 0 Å². The molecule has 3 N–H and O–H groups in total. The van der Waals surface area contributed by atoms with E-state index in [1.807, 2.05) is 12.1 Å². The number of carbonyl (C=O) groups excluding carboxylic acids is 2. The lowest BCUT2D eigenvalue weighted by molar-refractivity contribution is -0.113. The van der Waals surface area contributed by atoms with Gasteiger partial charge in [-0.3, -0.25) is 9.59 Å². The molecule has 0 spiro atoms. The fourth-order valence-corrected chi connectivity index (χ4v) is 3.65.